The van der Waals surface area contributed by atoms with E-state index in [0.29, 0.717) is 6.54 Å². The van der Waals surface area contributed by atoms with Crippen LogP contribution in [0.4, 0.5) is 5.69 Å². The molecule has 1 aromatic carbocycles. The van der Waals surface area contributed by atoms with Crippen molar-refractivity contribution in [2.45, 2.75) is 25.7 Å². The monoisotopic (exact) mass is 356 g/mol. The van der Waals surface area contributed by atoms with Gasteiger partial charge in [0.05, 0.1) is 17.1 Å². The van der Waals surface area contributed by atoms with Crippen LogP contribution in [0.15, 0.2) is 22.7 Å². The van der Waals surface area contributed by atoms with Crippen molar-refractivity contribution in [2.75, 3.05) is 13.2 Å². The lowest BCUT2D eigenvalue weighted by Crippen LogP contribution is -2.38. The lowest BCUT2D eigenvalue weighted by molar-refractivity contribution is -0.385. The summed E-state index contributed by atoms with van der Waals surface area (Å²) in [6.45, 7) is 0.431. The third-order valence-corrected chi connectivity index (χ3v) is 4.88. The number of aliphatic hydroxyl groups excluding tert-OH is 1. The smallest absolute Gasteiger partial charge is 0.284 e. The molecule has 0 heterocycles. The Kier molecular flexibility index (Phi) is 4.95. The quantitative estimate of drug-likeness (QED) is 0.626. The summed E-state index contributed by atoms with van der Waals surface area (Å²) in [6, 6.07) is 4.36. The van der Waals surface area contributed by atoms with Crippen molar-refractivity contribution in [3.05, 3.63) is 38.3 Å². The van der Waals surface area contributed by atoms with Crippen molar-refractivity contribution in [3.63, 3.8) is 0 Å². The molecular formula is C14H17BrN2O4. The second-order valence-corrected chi connectivity index (χ2v) is 6.24. The largest absolute Gasteiger partial charge is 0.396 e. The van der Waals surface area contributed by atoms with Crippen LogP contribution < -0.4 is 5.32 Å². The van der Waals surface area contributed by atoms with Crippen LogP contribution >= 0.6 is 15.9 Å². The number of rotatable bonds is 5. The zero-order valence-electron chi connectivity index (χ0n) is 11.5. The van der Waals surface area contributed by atoms with Crippen molar-refractivity contribution in [2.24, 2.45) is 5.41 Å². The van der Waals surface area contributed by atoms with Gasteiger partial charge in [-0.1, -0.05) is 18.9 Å². The van der Waals surface area contributed by atoms with Crippen LogP contribution in [0, 0.1) is 15.5 Å². The highest BCUT2D eigenvalue weighted by molar-refractivity contribution is 9.10. The fourth-order valence-electron chi connectivity index (χ4n) is 2.71. The Morgan fingerprint density at radius 3 is 2.67 bits per heavy atom. The number of hydrogen-bond acceptors (Lipinski definition) is 4. The summed E-state index contributed by atoms with van der Waals surface area (Å²) in [6.07, 6.45) is 3.88. The number of benzene rings is 1. The summed E-state index contributed by atoms with van der Waals surface area (Å²) in [7, 11) is 0. The molecule has 1 aliphatic rings. The molecule has 1 saturated carbocycles. The Labute approximate surface area is 130 Å². The van der Waals surface area contributed by atoms with Gasteiger partial charge in [0.15, 0.2) is 0 Å². The van der Waals surface area contributed by atoms with Crippen molar-refractivity contribution in [1.82, 2.24) is 5.32 Å². The van der Waals surface area contributed by atoms with Gasteiger partial charge in [-0.3, -0.25) is 14.9 Å². The van der Waals surface area contributed by atoms with E-state index in [-0.39, 0.29) is 33.7 Å². The number of nitrogens with one attached hydrogen (secondary N) is 1. The van der Waals surface area contributed by atoms with Gasteiger partial charge >= 0.3 is 0 Å². The van der Waals surface area contributed by atoms with Gasteiger partial charge in [0, 0.05) is 18.0 Å². The van der Waals surface area contributed by atoms with Gasteiger partial charge in [-0.15, -0.1) is 0 Å². The molecule has 2 rings (SSSR count). The molecular weight excluding hydrogens is 340 g/mol. The minimum Gasteiger partial charge on any atom is -0.396 e. The maximum Gasteiger partial charge on any atom is 0.284 e. The van der Waals surface area contributed by atoms with Crippen LogP contribution in [0.1, 0.15) is 36.0 Å². The Hall–Kier alpha value is -1.47. The minimum absolute atomic E-state index is 0.0450. The summed E-state index contributed by atoms with van der Waals surface area (Å²) >= 11 is 3.11. The second kappa shape index (κ2) is 6.53. The van der Waals surface area contributed by atoms with Crippen LogP contribution in [0.3, 0.4) is 0 Å². The molecule has 21 heavy (non-hydrogen) atoms. The number of nitro benzene ring substituents is 1. The molecule has 2 N–H and O–H groups in total. The first-order valence-electron chi connectivity index (χ1n) is 6.81. The average Bonchev–Trinajstić information content (AvgIpc) is 2.94. The molecule has 0 bridgehead atoms. The summed E-state index contributed by atoms with van der Waals surface area (Å²) in [5, 5.41) is 23.2. The summed E-state index contributed by atoms with van der Waals surface area (Å²) in [4.78, 5) is 22.5. The van der Waals surface area contributed by atoms with Crippen molar-refractivity contribution in [3.8, 4) is 0 Å². The highest BCUT2D eigenvalue weighted by Gasteiger charge is 2.33. The molecule has 7 heteroatoms. The summed E-state index contributed by atoms with van der Waals surface area (Å²) in [5.41, 5.74) is -0.154. The molecule has 6 nitrogen and oxygen atoms in total. The lowest BCUT2D eigenvalue weighted by Gasteiger charge is -2.26. The van der Waals surface area contributed by atoms with E-state index >= 15 is 0 Å². The number of halogens is 1. The Bertz CT molecular complexity index is 556. The number of carbonyl (C=O) groups excluding carboxylic acids is 1. The van der Waals surface area contributed by atoms with Gasteiger partial charge in [0.2, 0.25) is 0 Å². The molecule has 0 saturated heterocycles. The fraction of sp³-hybridized carbons (Fsp3) is 0.500. The first-order valence-corrected chi connectivity index (χ1v) is 7.60. The maximum absolute atomic E-state index is 12.2. The van der Waals surface area contributed by atoms with Gasteiger partial charge in [0.1, 0.15) is 4.47 Å². The molecule has 1 amide bonds. The molecule has 0 aromatic heterocycles. The molecule has 114 valence electrons. The molecule has 0 atom stereocenters. The predicted molar refractivity (Wildman–Crippen MR) is 81.1 cm³/mol. The minimum atomic E-state index is -0.535. The van der Waals surface area contributed by atoms with Crippen LogP contribution in [-0.2, 0) is 0 Å². The maximum atomic E-state index is 12.2. The first-order chi connectivity index (χ1) is 9.99. The highest BCUT2D eigenvalue weighted by atomic mass is 79.9. The van der Waals surface area contributed by atoms with E-state index in [1.54, 1.807) is 0 Å². The molecule has 1 fully saturated rings. The van der Waals surface area contributed by atoms with Gasteiger partial charge in [-0.25, -0.2) is 0 Å². The summed E-state index contributed by atoms with van der Waals surface area (Å²) < 4.78 is 0.178. The van der Waals surface area contributed by atoms with Crippen LogP contribution in [0.5, 0.6) is 0 Å². The molecule has 0 unspecified atom stereocenters. The van der Waals surface area contributed by atoms with Crippen LogP contribution in [0.25, 0.3) is 0 Å². The first kappa shape index (κ1) is 15.9. The van der Waals surface area contributed by atoms with E-state index in [1.165, 1.54) is 18.2 Å². The zero-order chi connectivity index (χ0) is 15.5. The third-order valence-electron chi connectivity index (χ3n) is 4.04. The lowest BCUT2D eigenvalue weighted by atomic mass is 9.87. The van der Waals surface area contributed by atoms with Gasteiger partial charge < -0.3 is 10.4 Å². The van der Waals surface area contributed by atoms with Crippen LogP contribution in [0.2, 0.25) is 0 Å². The van der Waals surface area contributed by atoms with Gasteiger partial charge in [0.25, 0.3) is 11.6 Å². The molecule has 0 spiro atoms. The molecule has 0 radical (unpaired) electrons. The average molecular weight is 357 g/mol. The number of nitro groups is 1. The number of amides is 1. The number of hydrogen-bond donors (Lipinski definition) is 2. The van der Waals surface area contributed by atoms with Crippen molar-refractivity contribution >= 4 is 27.5 Å². The van der Waals surface area contributed by atoms with E-state index in [9.17, 15) is 20.0 Å². The van der Waals surface area contributed by atoms with Crippen molar-refractivity contribution in [1.29, 1.82) is 0 Å². The van der Waals surface area contributed by atoms with E-state index in [0.717, 1.165) is 25.7 Å². The van der Waals surface area contributed by atoms with Gasteiger partial charge in [-0.2, -0.15) is 0 Å². The Balaban J connectivity index is 2.10. The fourth-order valence-corrected chi connectivity index (χ4v) is 3.30. The standard InChI is InChI=1S/C14H17BrN2O4/c15-12-10(4-3-5-11(12)17(20)21)13(19)16-8-14(9-18)6-1-2-7-14/h3-5,18H,1-2,6-9H2,(H,16,19). The van der Waals surface area contributed by atoms with Gasteiger partial charge in [-0.05, 0) is 34.8 Å². The van der Waals surface area contributed by atoms with E-state index < -0.39 is 4.92 Å². The van der Waals surface area contributed by atoms with E-state index in [1.807, 2.05) is 0 Å². The topological polar surface area (TPSA) is 92.5 Å². The number of aliphatic hydroxyl groups is 1. The normalized spacial score (nSPS) is 16.7. The predicted octanol–water partition coefficient (Wildman–Crippen LogP) is 2.64. The highest BCUT2D eigenvalue weighted by Crippen LogP contribution is 2.37. The van der Waals surface area contributed by atoms with Crippen molar-refractivity contribution < 1.29 is 14.8 Å². The van der Waals surface area contributed by atoms with E-state index in [4.69, 9.17) is 0 Å². The Morgan fingerprint density at radius 1 is 1.43 bits per heavy atom. The summed E-state index contributed by atoms with van der Waals surface area (Å²) in [5.74, 6) is -0.370. The SMILES string of the molecule is O=C(NCC1(CO)CCCC1)c1cccc([N+](=O)[O-])c1Br. The van der Waals surface area contributed by atoms with Crippen LogP contribution in [-0.4, -0.2) is 29.1 Å². The molecule has 0 aliphatic heterocycles. The number of nitrogens with zero attached hydrogens (tertiary/aromatic N) is 1. The molecule has 1 aromatic rings. The molecule has 1 aliphatic carbocycles. The number of carbonyl (C=O) groups is 1. The second-order valence-electron chi connectivity index (χ2n) is 5.44. The van der Waals surface area contributed by atoms with E-state index in [2.05, 4.69) is 21.2 Å². The zero-order valence-corrected chi connectivity index (χ0v) is 13.1. The Morgan fingerprint density at radius 2 is 2.10 bits per heavy atom. The third kappa shape index (κ3) is 3.41.